The molecule has 0 N–H and O–H groups in total. The maximum absolute atomic E-state index is 6.41. The molecular weight excluding hydrogens is 609 g/mol. The van der Waals surface area contributed by atoms with E-state index in [1.807, 2.05) is 72.8 Å². The normalized spacial score (nSPS) is 12.4. The van der Waals surface area contributed by atoms with Crippen molar-refractivity contribution in [2.24, 2.45) is 0 Å². The Balaban J connectivity index is 1.13. The van der Waals surface area contributed by atoms with Gasteiger partial charge < -0.3 is 8.83 Å². The summed E-state index contributed by atoms with van der Waals surface area (Å²) in [4.78, 5) is 0. The second-order valence-electron chi connectivity index (χ2n) is 12.2. The minimum absolute atomic E-state index is 0.627. The van der Waals surface area contributed by atoms with E-state index in [-0.39, 0.29) is 0 Å². The average Bonchev–Trinajstić information content (AvgIpc) is 3.70. The largest absolute Gasteiger partial charge is 0.456 e. The average molecular weight is 643 g/mol. The molecule has 0 amide bonds. The molecule has 0 bridgehead atoms. The minimum Gasteiger partial charge on any atom is -0.456 e. The molecule has 0 aliphatic heterocycles. The summed E-state index contributed by atoms with van der Waals surface area (Å²) in [5.41, 5.74) is 7.52. The van der Waals surface area contributed by atoms with Crippen molar-refractivity contribution in [3.8, 4) is 11.1 Å². The predicted octanol–water partition coefficient (Wildman–Crippen LogP) is 12.0. The van der Waals surface area contributed by atoms with Crippen LogP contribution in [-0.4, -0.2) is 0 Å². The number of rotatable bonds is 6. The lowest BCUT2D eigenvalue weighted by molar-refractivity contribution is 0.580. The van der Waals surface area contributed by atoms with Crippen LogP contribution in [0.2, 0.25) is 0 Å². The van der Waals surface area contributed by atoms with E-state index in [0.29, 0.717) is 5.42 Å². The monoisotopic (exact) mass is 642 g/mol. The third kappa shape index (κ3) is 5.63. The SMILES string of the molecule is C=C(\C=C/C=C/C=C/C=c1\c(=C)oc2c3ccccc3c3oc4ccccc4c3c12)c1ccccccc(-c2ccccc2)c2ccccc12. The zero-order chi connectivity index (χ0) is 33.9. The van der Waals surface area contributed by atoms with Crippen molar-refractivity contribution >= 4 is 72.7 Å². The molecule has 6 aromatic carbocycles. The topological polar surface area (TPSA) is 26.3 Å². The molecule has 0 spiro atoms. The summed E-state index contributed by atoms with van der Waals surface area (Å²) < 4.78 is 12.7. The van der Waals surface area contributed by atoms with Gasteiger partial charge in [0.05, 0.1) is 0 Å². The first-order chi connectivity index (χ1) is 24.7. The molecule has 2 nitrogen and oxygen atoms in total. The van der Waals surface area contributed by atoms with Gasteiger partial charge in [0.25, 0.3) is 0 Å². The molecule has 0 atom stereocenters. The first-order valence-corrected chi connectivity index (χ1v) is 16.7. The molecular formula is C48H34O2. The first-order valence-electron chi connectivity index (χ1n) is 16.7. The third-order valence-corrected chi connectivity index (χ3v) is 9.09. The highest BCUT2D eigenvalue weighted by Crippen LogP contribution is 2.39. The zero-order valence-electron chi connectivity index (χ0n) is 27.6. The summed E-state index contributed by atoms with van der Waals surface area (Å²) in [5.74, 6) is 0. The van der Waals surface area contributed by atoms with Crippen molar-refractivity contribution in [3.05, 3.63) is 199 Å². The van der Waals surface area contributed by atoms with Crippen LogP contribution in [0.1, 0.15) is 5.56 Å². The van der Waals surface area contributed by atoms with Crippen LogP contribution in [0.15, 0.2) is 191 Å². The van der Waals surface area contributed by atoms with E-state index < -0.39 is 0 Å². The maximum atomic E-state index is 6.41. The molecule has 2 aromatic heterocycles. The fraction of sp³-hybridized carbons (Fsp3) is 0. The fourth-order valence-electron chi connectivity index (χ4n) is 6.79. The van der Waals surface area contributed by atoms with Crippen molar-refractivity contribution in [2.75, 3.05) is 0 Å². The molecule has 0 unspecified atom stereocenters. The van der Waals surface area contributed by atoms with Gasteiger partial charge in [-0.25, -0.2) is 0 Å². The van der Waals surface area contributed by atoms with Crippen LogP contribution >= 0.6 is 0 Å². The smallest absolute Gasteiger partial charge is 0.144 e. The van der Waals surface area contributed by atoms with E-state index in [4.69, 9.17) is 8.83 Å². The van der Waals surface area contributed by atoms with Crippen molar-refractivity contribution < 1.29 is 8.83 Å². The number of para-hydroxylation sites is 1. The van der Waals surface area contributed by atoms with Gasteiger partial charge in [0.2, 0.25) is 0 Å². The van der Waals surface area contributed by atoms with Crippen LogP contribution < -0.4 is 10.6 Å². The Hall–Kier alpha value is -6.64. The van der Waals surface area contributed by atoms with Crippen LogP contribution in [0.25, 0.3) is 83.8 Å². The highest BCUT2D eigenvalue weighted by Gasteiger charge is 2.18. The van der Waals surface area contributed by atoms with E-state index in [0.717, 1.165) is 65.4 Å². The standard InChI is InChI=1S/C48H34O2/c1-33(36-24-12-6-7-14-26-38(35-22-10-8-11-23-35)40-28-16-15-27-39(36)40)21-9-4-3-5-13-25-37-34(2)49-47-41-29-17-18-30-42(41)48-46(45(37)47)43-31-19-20-32-44(43)50-48/h3-32H,1-2H2/b4-3+,7-6?,12-6?,13-5+,14-7?,21-9-,24-12?,26-14?,36-24?,37-25+,38-26?,39-36?,40-38?. The zero-order valence-corrected chi connectivity index (χ0v) is 27.6. The summed E-state index contributed by atoms with van der Waals surface area (Å²) in [6.45, 7) is 8.73. The molecule has 0 aliphatic carbocycles. The number of fused-ring (bicyclic) bond motifs is 9. The third-order valence-electron chi connectivity index (χ3n) is 9.09. The van der Waals surface area contributed by atoms with Gasteiger partial charge in [-0.15, -0.1) is 0 Å². The molecule has 8 rings (SSSR count). The van der Waals surface area contributed by atoms with Crippen LogP contribution in [0, 0.1) is 0 Å². The Morgan fingerprint density at radius 1 is 0.480 bits per heavy atom. The second kappa shape index (κ2) is 13.5. The van der Waals surface area contributed by atoms with Crippen LogP contribution in [0.5, 0.6) is 0 Å². The first kappa shape index (κ1) is 30.7. The van der Waals surface area contributed by atoms with Gasteiger partial charge in [0.15, 0.2) is 0 Å². The van der Waals surface area contributed by atoms with Gasteiger partial charge in [0, 0.05) is 32.1 Å². The molecule has 0 aliphatic rings. The molecule has 2 heteroatoms. The second-order valence-corrected chi connectivity index (χ2v) is 12.2. The van der Waals surface area contributed by atoms with E-state index in [9.17, 15) is 0 Å². The summed E-state index contributed by atoms with van der Waals surface area (Å²) in [6.07, 6.45) is 14.2. The van der Waals surface area contributed by atoms with Crippen LogP contribution in [0.4, 0.5) is 0 Å². The number of allylic oxidation sites excluding steroid dienone is 7. The lowest BCUT2D eigenvalue weighted by Crippen LogP contribution is -2.17. The van der Waals surface area contributed by atoms with E-state index >= 15 is 0 Å². The number of benzene rings is 5. The molecule has 8 aromatic rings. The summed E-state index contributed by atoms with van der Waals surface area (Å²) >= 11 is 0. The van der Waals surface area contributed by atoms with Gasteiger partial charge in [-0.2, -0.15) is 0 Å². The Labute approximate surface area is 290 Å². The summed E-state index contributed by atoms with van der Waals surface area (Å²) in [7, 11) is 0. The highest BCUT2D eigenvalue weighted by atomic mass is 16.3. The lowest BCUT2D eigenvalue weighted by Gasteiger charge is -2.08. The van der Waals surface area contributed by atoms with Gasteiger partial charge >= 0.3 is 0 Å². The van der Waals surface area contributed by atoms with E-state index in [1.165, 1.54) is 16.5 Å². The quantitative estimate of drug-likeness (QED) is 0.169. The number of hydrogen-bond acceptors (Lipinski definition) is 2. The van der Waals surface area contributed by atoms with Gasteiger partial charge in [-0.1, -0.05) is 189 Å². The van der Waals surface area contributed by atoms with Crippen molar-refractivity contribution in [2.45, 2.75) is 0 Å². The van der Waals surface area contributed by atoms with Crippen molar-refractivity contribution in [3.63, 3.8) is 0 Å². The Kier molecular flexibility index (Phi) is 8.26. The minimum atomic E-state index is 0.627. The van der Waals surface area contributed by atoms with E-state index in [1.54, 1.807) is 0 Å². The highest BCUT2D eigenvalue weighted by molar-refractivity contribution is 6.29. The predicted molar refractivity (Wildman–Crippen MR) is 214 cm³/mol. The van der Waals surface area contributed by atoms with Gasteiger partial charge in [0.1, 0.15) is 22.2 Å². The number of hydrogen-bond donors (Lipinski definition) is 0. The van der Waals surface area contributed by atoms with Gasteiger partial charge in [-0.05, 0) is 39.1 Å². The molecule has 2 heterocycles. The molecule has 238 valence electrons. The molecule has 0 saturated heterocycles. The summed E-state index contributed by atoms with van der Waals surface area (Å²) in [6, 6.07) is 48.0. The van der Waals surface area contributed by atoms with E-state index in [2.05, 4.69) is 122 Å². The Bertz CT molecular complexity index is 2840. The molecule has 0 fully saturated rings. The molecule has 0 radical (unpaired) electrons. The Morgan fingerprint density at radius 2 is 1.04 bits per heavy atom. The van der Waals surface area contributed by atoms with Gasteiger partial charge in [-0.3, -0.25) is 0 Å². The Morgan fingerprint density at radius 3 is 1.82 bits per heavy atom. The van der Waals surface area contributed by atoms with Crippen molar-refractivity contribution in [1.82, 2.24) is 0 Å². The maximum Gasteiger partial charge on any atom is 0.144 e. The lowest BCUT2D eigenvalue weighted by atomic mass is 9.95. The van der Waals surface area contributed by atoms with Crippen molar-refractivity contribution in [1.29, 1.82) is 0 Å². The van der Waals surface area contributed by atoms with Crippen LogP contribution in [-0.2, 0) is 0 Å². The summed E-state index contributed by atoms with van der Waals surface area (Å²) in [5, 5.41) is 8.44. The fourth-order valence-corrected chi connectivity index (χ4v) is 6.79. The molecule has 50 heavy (non-hydrogen) atoms. The number of furan rings is 2. The molecule has 0 saturated carbocycles. The van der Waals surface area contributed by atoms with Crippen LogP contribution in [0.3, 0.4) is 0 Å².